The number of para-hydroxylation sites is 1. The van der Waals surface area contributed by atoms with Crippen molar-refractivity contribution in [3.05, 3.63) is 29.3 Å². The summed E-state index contributed by atoms with van der Waals surface area (Å²) in [5.74, 6) is 6.55. The number of hydrogen-bond donors (Lipinski definition) is 2. The van der Waals surface area contributed by atoms with Gasteiger partial charge in [-0.25, -0.2) is 0 Å². The van der Waals surface area contributed by atoms with Gasteiger partial charge >= 0.3 is 0 Å². The minimum atomic E-state index is -0.0603. The molecule has 0 aliphatic carbocycles. The average molecular weight is 252 g/mol. The highest BCUT2D eigenvalue weighted by Crippen LogP contribution is 2.33. The second kappa shape index (κ2) is 6.70. The SMILES string of the molecule is COCCOCC(NN)c1cccc2c1OCC2. The van der Waals surface area contributed by atoms with Crippen LogP contribution in [0, 0.1) is 0 Å². The molecular formula is C13H20N2O3. The van der Waals surface area contributed by atoms with Crippen LogP contribution in [0.3, 0.4) is 0 Å². The third-order valence-corrected chi connectivity index (χ3v) is 3.04. The molecule has 0 saturated carbocycles. The van der Waals surface area contributed by atoms with Gasteiger partial charge in [0.1, 0.15) is 5.75 Å². The lowest BCUT2D eigenvalue weighted by Crippen LogP contribution is -2.32. The van der Waals surface area contributed by atoms with Crippen molar-refractivity contribution in [3.8, 4) is 5.75 Å². The van der Waals surface area contributed by atoms with Crippen molar-refractivity contribution >= 4 is 0 Å². The second-order valence-corrected chi connectivity index (χ2v) is 4.22. The van der Waals surface area contributed by atoms with Gasteiger partial charge in [-0.3, -0.25) is 11.3 Å². The molecule has 5 heteroatoms. The van der Waals surface area contributed by atoms with Gasteiger partial charge in [0.25, 0.3) is 0 Å². The standard InChI is InChI=1S/C13H20N2O3/c1-16-7-8-17-9-12(15-14)11-4-2-3-10-5-6-18-13(10)11/h2-4,12,15H,5-9,14H2,1H3. The van der Waals surface area contributed by atoms with E-state index in [0.717, 1.165) is 24.3 Å². The predicted molar refractivity (Wildman–Crippen MR) is 68.4 cm³/mol. The number of hydrogen-bond acceptors (Lipinski definition) is 5. The molecule has 0 saturated heterocycles. The second-order valence-electron chi connectivity index (χ2n) is 4.22. The molecule has 0 amide bonds. The number of ether oxygens (including phenoxy) is 3. The summed E-state index contributed by atoms with van der Waals surface area (Å²) in [5.41, 5.74) is 5.08. The number of benzene rings is 1. The average Bonchev–Trinajstić information content (AvgIpc) is 2.87. The number of fused-ring (bicyclic) bond motifs is 1. The highest BCUT2D eigenvalue weighted by Gasteiger charge is 2.21. The summed E-state index contributed by atoms with van der Waals surface area (Å²) in [7, 11) is 1.65. The number of hydrazine groups is 1. The summed E-state index contributed by atoms with van der Waals surface area (Å²) in [4.78, 5) is 0. The van der Waals surface area contributed by atoms with Crippen molar-refractivity contribution in [3.63, 3.8) is 0 Å². The Hall–Kier alpha value is -1.14. The predicted octanol–water partition coefficient (Wildman–Crippen LogP) is 0.789. The first kappa shape index (κ1) is 13.3. The van der Waals surface area contributed by atoms with Crippen molar-refractivity contribution in [2.75, 3.05) is 33.5 Å². The van der Waals surface area contributed by atoms with Gasteiger partial charge in [0.15, 0.2) is 0 Å². The molecule has 1 aromatic carbocycles. The maximum atomic E-state index is 5.66. The van der Waals surface area contributed by atoms with Gasteiger partial charge in [-0.15, -0.1) is 0 Å². The van der Waals surface area contributed by atoms with E-state index in [9.17, 15) is 0 Å². The Bertz CT molecular complexity index is 384. The van der Waals surface area contributed by atoms with Crippen LogP contribution in [-0.4, -0.2) is 33.5 Å². The van der Waals surface area contributed by atoms with Gasteiger partial charge in [0, 0.05) is 19.1 Å². The Kier molecular flexibility index (Phi) is 4.95. The van der Waals surface area contributed by atoms with Crippen molar-refractivity contribution in [2.24, 2.45) is 5.84 Å². The van der Waals surface area contributed by atoms with E-state index in [2.05, 4.69) is 11.5 Å². The quantitative estimate of drug-likeness (QED) is 0.427. The Balaban J connectivity index is 2.01. The van der Waals surface area contributed by atoms with E-state index in [4.69, 9.17) is 20.1 Å². The lowest BCUT2D eigenvalue weighted by atomic mass is 10.0. The van der Waals surface area contributed by atoms with Crippen LogP contribution < -0.4 is 16.0 Å². The van der Waals surface area contributed by atoms with E-state index in [1.54, 1.807) is 7.11 Å². The normalized spacial score (nSPS) is 15.2. The maximum absolute atomic E-state index is 5.66. The Labute approximate surface area is 107 Å². The molecule has 18 heavy (non-hydrogen) atoms. The molecule has 0 radical (unpaired) electrons. The largest absolute Gasteiger partial charge is 0.493 e. The first-order valence-electron chi connectivity index (χ1n) is 6.14. The zero-order valence-electron chi connectivity index (χ0n) is 10.6. The summed E-state index contributed by atoms with van der Waals surface area (Å²) in [6, 6.07) is 6.08. The molecule has 0 bridgehead atoms. The molecule has 1 aromatic rings. The highest BCUT2D eigenvalue weighted by atomic mass is 16.5. The van der Waals surface area contributed by atoms with E-state index >= 15 is 0 Å². The van der Waals surface area contributed by atoms with Crippen LogP contribution in [0.15, 0.2) is 18.2 Å². The van der Waals surface area contributed by atoms with Crippen LogP contribution in [0.2, 0.25) is 0 Å². The van der Waals surface area contributed by atoms with Gasteiger partial charge in [0.2, 0.25) is 0 Å². The van der Waals surface area contributed by atoms with Crippen LogP contribution in [0.1, 0.15) is 17.2 Å². The molecule has 1 heterocycles. The number of methoxy groups -OCH3 is 1. The number of nitrogens with two attached hydrogens (primary N) is 1. The van der Waals surface area contributed by atoms with E-state index < -0.39 is 0 Å². The van der Waals surface area contributed by atoms with E-state index in [-0.39, 0.29) is 6.04 Å². The minimum absolute atomic E-state index is 0.0603. The molecular weight excluding hydrogens is 232 g/mol. The van der Waals surface area contributed by atoms with Crippen molar-refractivity contribution in [1.82, 2.24) is 5.43 Å². The zero-order chi connectivity index (χ0) is 12.8. The molecule has 0 aromatic heterocycles. The number of rotatable bonds is 7. The molecule has 100 valence electrons. The Morgan fingerprint density at radius 1 is 1.44 bits per heavy atom. The fourth-order valence-electron chi connectivity index (χ4n) is 2.09. The molecule has 0 spiro atoms. The monoisotopic (exact) mass is 252 g/mol. The lowest BCUT2D eigenvalue weighted by Gasteiger charge is -2.19. The van der Waals surface area contributed by atoms with Gasteiger partial charge in [-0.2, -0.15) is 0 Å². The van der Waals surface area contributed by atoms with Crippen LogP contribution in [0.25, 0.3) is 0 Å². The summed E-state index contributed by atoms with van der Waals surface area (Å²) in [6.07, 6.45) is 0.963. The molecule has 1 atom stereocenters. The zero-order valence-corrected chi connectivity index (χ0v) is 10.6. The van der Waals surface area contributed by atoms with E-state index in [1.807, 2.05) is 12.1 Å². The van der Waals surface area contributed by atoms with Crippen molar-refractivity contribution < 1.29 is 14.2 Å². The van der Waals surface area contributed by atoms with Crippen molar-refractivity contribution in [2.45, 2.75) is 12.5 Å². The van der Waals surface area contributed by atoms with E-state index in [0.29, 0.717) is 19.8 Å². The third kappa shape index (κ3) is 3.00. The smallest absolute Gasteiger partial charge is 0.127 e. The number of nitrogens with one attached hydrogen (secondary N) is 1. The molecule has 1 unspecified atom stereocenters. The fraction of sp³-hybridized carbons (Fsp3) is 0.538. The van der Waals surface area contributed by atoms with Crippen LogP contribution >= 0.6 is 0 Å². The maximum Gasteiger partial charge on any atom is 0.127 e. The summed E-state index contributed by atoms with van der Waals surface area (Å²) in [6.45, 7) is 2.39. The van der Waals surface area contributed by atoms with Gasteiger partial charge in [0.05, 0.1) is 32.5 Å². The van der Waals surface area contributed by atoms with Gasteiger partial charge in [-0.05, 0) is 5.56 Å². The highest BCUT2D eigenvalue weighted by molar-refractivity contribution is 5.45. The van der Waals surface area contributed by atoms with E-state index in [1.165, 1.54) is 5.56 Å². The lowest BCUT2D eigenvalue weighted by molar-refractivity contribution is 0.0582. The van der Waals surface area contributed by atoms with Gasteiger partial charge in [-0.1, -0.05) is 18.2 Å². The van der Waals surface area contributed by atoms with Crippen molar-refractivity contribution in [1.29, 1.82) is 0 Å². The van der Waals surface area contributed by atoms with Crippen LogP contribution in [0.5, 0.6) is 5.75 Å². The topological polar surface area (TPSA) is 65.7 Å². The van der Waals surface area contributed by atoms with Crippen LogP contribution in [-0.2, 0) is 15.9 Å². The Morgan fingerprint density at radius 3 is 3.11 bits per heavy atom. The summed E-state index contributed by atoms with van der Waals surface area (Å²) < 4.78 is 16.1. The Morgan fingerprint density at radius 2 is 2.33 bits per heavy atom. The molecule has 2 rings (SSSR count). The summed E-state index contributed by atoms with van der Waals surface area (Å²) >= 11 is 0. The molecule has 5 nitrogen and oxygen atoms in total. The molecule has 0 fully saturated rings. The third-order valence-electron chi connectivity index (χ3n) is 3.04. The van der Waals surface area contributed by atoms with Crippen LogP contribution in [0.4, 0.5) is 0 Å². The minimum Gasteiger partial charge on any atom is -0.493 e. The summed E-state index contributed by atoms with van der Waals surface area (Å²) in [5, 5.41) is 0. The van der Waals surface area contributed by atoms with Gasteiger partial charge < -0.3 is 14.2 Å². The molecule has 1 aliphatic rings. The fourth-order valence-corrected chi connectivity index (χ4v) is 2.09. The molecule has 1 aliphatic heterocycles. The first-order valence-corrected chi connectivity index (χ1v) is 6.14. The molecule has 3 N–H and O–H groups in total. The first-order chi connectivity index (χ1) is 8.86.